The second-order valence-electron chi connectivity index (χ2n) is 7.24. The van der Waals surface area contributed by atoms with Crippen LogP contribution in [-0.4, -0.2) is 39.6 Å². The number of furan rings is 1. The van der Waals surface area contributed by atoms with E-state index in [1.807, 2.05) is 13.8 Å². The number of rotatable bonds is 7. The lowest BCUT2D eigenvalue weighted by molar-refractivity contribution is -0.137. The Bertz CT molecular complexity index is 1130. The Morgan fingerprint density at radius 2 is 1.79 bits per heavy atom. The molecule has 0 aliphatic carbocycles. The number of hydrogen-bond acceptors (Lipinski definition) is 5. The molecule has 0 aliphatic heterocycles. The Morgan fingerprint density at radius 3 is 2.45 bits per heavy atom. The number of hydrogen-bond donors (Lipinski definition) is 2. The van der Waals surface area contributed by atoms with E-state index < -0.39 is 23.6 Å². The normalized spacial score (nSPS) is 11.6. The molecule has 3 aromatic rings. The van der Waals surface area contributed by atoms with E-state index in [1.54, 1.807) is 6.07 Å². The lowest BCUT2D eigenvalue weighted by Crippen LogP contribution is -2.41. The summed E-state index contributed by atoms with van der Waals surface area (Å²) >= 11 is 0. The maximum Gasteiger partial charge on any atom is 0.416 e. The highest BCUT2D eigenvalue weighted by atomic mass is 19.4. The van der Waals surface area contributed by atoms with Crippen LogP contribution in [0.25, 0.3) is 5.69 Å². The highest BCUT2D eigenvalue weighted by molar-refractivity contribution is 5.98. The summed E-state index contributed by atoms with van der Waals surface area (Å²) in [6, 6.07) is 7.81. The zero-order chi connectivity index (χ0) is 24.2. The smallest absolute Gasteiger partial charge is 0.416 e. The minimum atomic E-state index is -4.50. The topological polar surface area (TPSA) is 92.4 Å². The van der Waals surface area contributed by atoms with E-state index in [-0.39, 0.29) is 17.0 Å². The van der Waals surface area contributed by atoms with Crippen molar-refractivity contribution in [2.75, 3.05) is 13.1 Å². The van der Waals surface area contributed by atoms with Gasteiger partial charge < -0.3 is 4.42 Å². The molecule has 33 heavy (non-hydrogen) atoms. The van der Waals surface area contributed by atoms with Gasteiger partial charge in [0.2, 0.25) is 0 Å². The molecular formula is C22H24F3N5O3. The molecule has 11 heteroatoms. The van der Waals surface area contributed by atoms with Crippen LogP contribution in [0.15, 0.2) is 47.0 Å². The van der Waals surface area contributed by atoms with Crippen molar-refractivity contribution in [2.24, 2.45) is 0 Å². The van der Waals surface area contributed by atoms with Crippen LogP contribution in [0.1, 0.15) is 51.8 Å². The molecule has 2 N–H and O–H groups in total. The van der Waals surface area contributed by atoms with Crippen molar-refractivity contribution in [1.82, 2.24) is 25.5 Å². The largest absolute Gasteiger partial charge is 0.454 e. The number of nitrogens with one attached hydrogen (secondary N) is 2. The fourth-order valence-electron chi connectivity index (χ4n) is 3.20. The summed E-state index contributed by atoms with van der Waals surface area (Å²) in [5.41, 5.74) is 4.26. The van der Waals surface area contributed by atoms with Crippen LogP contribution in [0.3, 0.4) is 0 Å². The average molecular weight is 463 g/mol. The van der Waals surface area contributed by atoms with Crippen LogP contribution >= 0.6 is 0 Å². The molecule has 0 spiro atoms. The zero-order valence-corrected chi connectivity index (χ0v) is 18.4. The summed E-state index contributed by atoms with van der Waals surface area (Å²) in [6.45, 7) is 7.81. The number of carbonyl (C=O) groups is 2. The standard InChI is InChI=1S/C22H24F3N5O3/c1-4-29(5-2)13-17-9-10-19(33-17)21(32)28-27-20(31)18-12-26-30(14(18)3)16-8-6-7-15(11-16)22(23,24)25/h6-12H,4-5,13H2,1-3H3,(H,27,31)(H,28,32). The molecule has 0 saturated carbocycles. The third-order valence-electron chi connectivity index (χ3n) is 5.12. The van der Waals surface area contributed by atoms with Crippen LogP contribution in [0, 0.1) is 6.92 Å². The highest BCUT2D eigenvalue weighted by Gasteiger charge is 2.30. The van der Waals surface area contributed by atoms with Gasteiger partial charge in [-0.1, -0.05) is 19.9 Å². The van der Waals surface area contributed by atoms with E-state index in [2.05, 4.69) is 20.9 Å². The number of nitrogens with zero attached hydrogens (tertiary/aromatic N) is 3. The van der Waals surface area contributed by atoms with E-state index in [1.165, 1.54) is 36.0 Å². The van der Waals surface area contributed by atoms with Crippen LogP contribution in [0.4, 0.5) is 13.2 Å². The summed E-state index contributed by atoms with van der Waals surface area (Å²) in [5.74, 6) is -0.659. The highest BCUT2D eigenvalue weighted by Crippen LogP contribution is 2.30. The Balaban J connectivity index is 1.66. The second kappa shape index (κ2) is 9.90. The lowest BCUT2D eigenvalue weighted by atomic mass is 10.2. The molecule has 0 fully saturated rings. The number of aromatic nitrogens is 2. The van der Waals surface area contributed by atoms with E-state index in [9.17, 15) is 22.8 Å². The van der Waals surface area contributed by atoms with Gasteiger partial charge in [-0.15, -0.1) is 0 Å². The molecule has 0 atom stereocenters. The Hall–Kier alpha value is -3.60. The van der Waals surface area contributed by atoms with Crippen molar-refractivity contribution in [3.8, 4) is 5.69 Å². The fraction of sp³-hybridized carbons (Fsp3) is 0.318. The second-order valence-corrected chi connectivity index (χ2v) is 7.24. The van der Waals surface area contributed by atoms with Gasteiger partial charge in [-0.3, -0.25) is 25.3 Å². The predicted molar refractivity (Wildman–Crippen MR) is 114 cm³/mol. The van der Waals surface area contributed by atoms with Gasteiger partial charge in [0.25, 0.3) is 5.91 Å². The maximum absolute atomic E-state index is 13.0. The third-order valence-corrected chi connectivity index (χ3v) is 5.12. The first kappa shape index (κ1) is 24.1. The number of benzene rings is 1. The van der Waals surface area contributed by atoms with Crippen LogP contribution < -0.4 is 10.9 Å². The van der Waals surface area contributed by atoms with Crippen LogP contribution in [0.5, 0.6) is 0 Å². The quantitative estimate of drug-likeness (QED) is 0.521. The molecule has 2 heterocycles. The van der Waals surface area contributed by atoms with Gasteiger partial charge in [-0.25, -0.2) is 4.68 Å². The summed E-state index contributed by atoms with van der Waals surface area (Å²) in [4.78, 5) is 26.9. The van der Waals surface area contributed by atoms with Crippen molar-refractivity contribution in [3.63, 3.8) is 0 Å². The van der Waals surface area contributed by atoms with Gasteiger partial charge >= 0.3 is 12.1 Å². The van der Waals surface area contributed by atoms with Crippen LogP contribution in [0.2, 0.25) is 0 Å². The maximum atomic E-state index is 13.0. The van der Waals surface area contributed by atoms with Crippen molar-refractivity contribution < 1.29 is 27.2 Å². The molecule has 0 aliphatic rings. The molecule has 2 amide bonds. The third kappa shape index (κ3) is 5.61. The van der Waals surface area contributed by atoms with E-state index in [4.69, 9.17) is 4.42 Å². The number of alkyl halides is 3. The van der Waals surface area contributed by atoms with E-state index in [0.29, 0.717) is 18.0 Å². The van der Waals surface area contributed by atoms with Crippen LogP contribution in [-0.2, 0) is 12.7 Å². The number of hydrazine groups is 1. The summed E-state index contributed by atoms with van der Waals surface area (Å²) in [6.07, 6.45) is -3.29. The molecule has 0 radical (unpaired) electrons. The number of halogens is 3. The predicted octanol–water partition coefficient (Wildman–Crippen LogP) is 3.71. The van der Waals surface area contributed by atoms with Gasteiger partial charge in [0.15, 0.2) is 5.76 Å². The van der Waals surface area contributed by atoms with Gasteiger partial charge in [-0.05, 0) is 50.3 Å². The Labute approximate surface area is 188 Å². The van der Waals surface area contributed by atoms with Gasteiger partial charge in [-0.2, -0.15) is 18.3 Å². The molecule has 0 unspecified atom stereocenters. The summed E-state index contributed by atoms with van der Waals surface area (Å²) in [7, 11) is 0. The molecule has 0 saturated heterocycles. The molecule has 0 bridgehead atoms. The monoisotopic (exact) mass is 463 g/mol. The zero-order valence-electron chi connectivity index (χ0n) is 18.4. The van der Waals surface area contributed by atoms with Crippen molar-refractivity contribution in [3.05, 3.63) is 70.9 Å². The number of amides is 2. The lowest BCUT2D eigenvalue weighted by Gasteiger charge is -2.15. The summed E-state index contributed by atoms with van der Waals surface area (Å²) < 4.78 is 45.7. The van der Waals surface area contributed by atoms with Crippen molar-refractivity contribution in [2.45, 2.75) is 33.5 Å². The molecule has 1 aromatic carbocycles. The van der Waals surface area contributed by atoms with Crippen molar-refractivity contribution >= 4 is 11.8 Å². The van der Waals surface area contributed by atoms with Gasteiger partial charge in [0.05, 0.1) is 35.2 Å². The first-order chi connectivity index (χ1) is 15.6. The Morgan fingerprint density at radius 1 is 1.09 bits per heavy atom. The minimum Gasteiger partial charge on any atom is -0.454 e. The van der Waals surface area contributed by atoms with E-state index in [0.717, 1.165) is 25.2 Å². The fourth-order valence-corrected chi connectivity index (χ4v) is 3.20. The van der Waals surface area contributed by atoms with E-state index >= 15 is 0 Å². The molecule has 2 aromatic heterocycles. The minimum absolute atomic E-state index is 0.0360. The average Bonchev–Trinajstić information content (AvgIpc) is 3.41. The first-order valence-corrected chi connectivity index (χ1v) is 10.3. The van der Waals surface area contributed by atoms with Gasteiger partial charge in [0.1, 0.15) is 5.76 Å². The first-order valence-electron chi connectivity index (χ1n) is 10.3. The van der Waals surface area contributed by atoms with Crippen molar-refractivity contribution in [1.29, 1.82) is 0 Å². The number of carbonyl (C=O) groups excluding carboxylic acids is 2. The Kier molecular flexibility index (Phi) is 7.22. The summed E-state index contributed by atoms with van der Waals surface area (Å²) in [5, 5.41) is 4.02. The molecule has 8 nitrogen and oxygen atoms in total. The molecule has 3 rings (SSSR count). The SMILES string of the molecule is CCN(CC)Cc1ccc(C(=O)NNC(=O)c2cnn(-c3cccc(C(F)(F)F)c3)c2C)o1. The van der Waals surface area contributed by atoms with Gasteiger partial charge in [0, 0.05) is 0 Å². The molecule has 176 valence electrons. The molecular weight excluding hydrogens is 439 g/mol.